The fourth-order valence-electron chi connectivity index (χ4n) is 5.10. The van der Waals surface area contributed by atoms with E-state index in [-0.39, 0.29) is 0 Å². The molecule has 78 valence electrons. The molecule has 0 radical (unpaired) electrons. The van der Waals surface area contributed by atoms with Gasteiger partial charge in [0.1, 0.15) is 0 Å². The van der Waals surface area contributed by atoms with Gasteiger partial charge in [0.25, 0.3) is 0 Å². The van der Waals surface area contributed by atoms with Crippen LogP contribution in [0, 0.1) is 17.3 Å². The molecule has 4 fully saturated rings. The van der Waals surface area contributed by atoms with Gasteiger partial charge in [0.15, 0.2) is 0 Å². The highest BCUT2D eigenvalue weighted by Gasteiger charge is 2.65. The fraction of sp³-hybridized carbons (Fsp3) is 1.00. The number of hydrogen-bond acceptors (Lipinski definition) is 2. The van der Waals surface area contributed by atoms with Crippen molar-refractivity contribution in [3.8, 4) is 0 Å². The number of ether oxygens (including phenoxy) is 1. The summed E-state index contributed by atoms with van der Waals surface area (Å²) in [5.74, 6) is 1.75. The maximum atomic E-state index is 6.47. The fourth-order valence-corrected chi connectivity index (χ4v) is 5.10. The van der Waals surface area contributed by atoms with Crippen molar-refractivity contribution < 1.29 is 4.74 Å². The molecule has 2 saturated carbocycles. The van der Waals surface area contributed by atoms with E-state index < -0.39 is 0 Å². The third-order valence-corrected chi connectivity index (χ3v) is 5.65. The van der Waals surface area contributed by atoms with Crippen molar-refractivity contribution in [2.75, 3.05) is 0 Å². The first-order valence-corrected chi connectivity index (χ1v) is 6.22. The Labute approximate surface area is 85.2 Å². The monoisotopic (exact) mass is 193 g/mol. The second kappa shape index (κ2) is 2.35. The molecule has 14 heavy (non-hydrogen) atoms. The Morgan fingerprint density at radius 2 is 2.07 bits per heavy atom. The Morgan fingerprint density at radius 3 is 2.64 bits per heavy atom. The lowest BCUT2D eigenvalue weighted by molar-refractivity contribution is 0.0185. The van der Waals surface area contributed by atoms with E-state index in [0.29, 0.717) is 23.7 Å². The minimum Gasteiger partial charge on any atom is -0.374 e. The Hall–Kier alpha value is -0.0800. The minimum absolute atomic E-state index is 0.436. The van der Waals surface area contributed by atoms with Crippen LogP contribution in [-0.2, 0) is 4.74 Å². The first-order valence-electron chi connectivity index (χ1n) is 6.22. The predicted molar refractivity (Wildman–Crippen MR) is 53.8 cm³/mol. The van der Waals surface area contributed by atoms with Crippen LogP contribution in [0.15, 0.2) is 0 Å². The van der Waals surface area contributed by atoms with Gasteiger partial charge in [-0.1, -0.05) is 0 Å². The summed E-state index contributed by atoms with van der Waals surface area (Å²) in [6, 6.07) is 0.469. The molecule has 2 heterocycles. The van der Waals surface area contributed by atoms with Gasteiger partial charge in [-0.2, -0.15) is 0 Å². The molecule has 2 N–H and O–H groups in total. The van der Waals surface area contributed by atoms with Crippen LogP contribution < -0.4 is 5.73 Å². The highest BCUT2D eigenvalue weighted by molar-refractivity contribution is 5.16. The molecule has 2 heteroatoms. The van der Waals surface area contributed by atoms with E-state index in [1.54, 1.807) is 0 Å². The SMILES string of the molecule is N[C@@H]1[C@@H]2CC[C@@H](C2)C12C[C@@H]1CC[C@H]2O1. The molecule has 0 aromatic rings. The van der Waals surface area contributed by atoms with Gasteiger partial charge in [-0.25, -0.2) is 0 Å². The third kappa shape index (κ3) is 0.704. The largest absolute Gasteiger partial charge is 0.374 e. The maximum Gasteiger partial charge on any atom is 0.0654 e. The van der Waals surface area contributed by atoms with Crippen LogP contribution in [0.5, 0.6) is 0 Å². The van der Waals surface area contributed by atoms with Crippen LogP contribution in [0.3, 0.4) is 0 Å². The summed E-state index contributed by atoms with van der Waals surface area (Å²) < 4.78 is 6.05. The predicted octanol–water partition coefficient (Wildman–Crippen LogP) is 1.68. The molecule has 2 nitrogen and oxygen atoms in total. The number of hydrogen-bond donors (Lipinski definition) is 1. The lowest BCUT2D eigenvalue weighted by Gasteiger charge is -2.43. The summed E-state index contributed by atoms with van der Waals surface area (Å²) in [6.07, 6.45) is 9.24. The zero-order chi connectivity index (χ0) is 9.34. The lowest BCUT2D eigenvalue weighted by Crippen LogP contribution is -2.51. The van der Waals surface area contributed by atoms with E-state index in [1.165, 1.54) is 38.5 Å². The first kappa shape index (κ1) is 8.12. The van der Waals surface area contributed by atoms with Crippen LogP contribution in [0.1, 0.15) is 38.5 Å². The summed E-state index contributed by atoms with van der Waals surface area (Å²) in [5, 5.41) is 0. The molecule has 0 aromatic heterocycles. The summed E-state index contributed by atoms with van der Waals surface area (Å²) in [7, 11) is 0. The normalized spacial score (nSPS) is 64.5. The summed E-state index contributed by atoms with van der Waals surface area (Å²) >= 11 is 0. The average molecular weight is 193 g/mol. The summed E-state index contributed by atoms with van der Waals surface area (Å²) in [5.41, 5.74) is 6.90. The zero-order valence-corrected chi connectivity index (χ0v) is 8.61. The molecule has 2 aliphatic carbocycles. The van der Waals surface area contributed by atoms with Crippen LogP contribution in [0.4, 0.5) is 0 Å². The van der Waals surface area contributed by atoms with Gasteiger partial charge in [0.2, 0.25) is 0 Å². The van der Waals surface area contributed by atoms with E-state index in [4.69, 9.17) is 10.5 Å². The molecule has 4 aliphatic rings. The molecule has 2 aliphatic heterocycles. The van der Waals surface area contributed by atoms with Gasteiger partial charge < -0.3 is 10.5 Å². The molecular weight excluding hydrogens is 174 g/mol. The lowest BCUT2D eigenvalue weighted by atomic mass is 9.62. The van der Waals surface area contributed by atoms with Gasteiger partial charge in [-0.15, -0.1) is 0 Å². The highest BCUT2D eigenvalue weighted by Crippen LogP contribution is 2.65. The van der Waals surface area contributed by atoms with Gasteiger partial charge in [0.05, 0.1) is 12.2 Å². The van der Waals surface area contributed by atoms with Gasteiger partial charge >= 0.3 is 0 Å². The van der Waals surface area contributed by atoms with Crippen molar-refractivity contribution in [1.82, 2.24) is 0 Å². The summed E-state index contributed by atoms with van der Waals surface area (Å²) in [4.78, 5) is 0. The van der Waals surface area contributed by atoms with Crippen molar-refractivity contribution in [3.63, 3.8) is 0 Å². The molecule has 6 atom stereocenters. The van der Waals surface area contributed by atoms with Crippen LogP contribution in [0.2, 0.25) is 0 Å². The van der Waals surface area contributed by atoms with E-state index in [9.17, 15) is 0 Å². The molecule has 0 amide bonds. The Kier molecular flexibility index (Phi) is 1.37. The van der Waals surface area contributed by atoms with Gasteiger partial charge in [0, 0.05) is 11.5 Å². The number of rotatable bonds is 0. The van der Waals surface area contributed by atoms with Crippen LogP contribution in [0.25, 0.3) is 0 Å². The second-order valence-electron chi connectivity index (χ2n) is 5.94. The number of fused-ring (bicyclic) bond motifs is 6. The minimum atomic E-state index is 0.436. The average Bonchev–Trinajstić information content (AvgIpc) is 2.91. The highest BCUT2D eigenvalue weighted by atomic mass is 16.5. The first-order chi connectivity index (χ1) is 6.80. The van der Waals surface area contributed by atoms with Gasteiger partial charge in [-0.3, -0.25) is 0 Å². The Balaban J connectivity index is 1.76. The smallest absolute Gasteiger partial charge is 0.0654 e. The maximum absolute atomic E-state index is 6.47. The van der Waals surface area contributed by atoms with E-state index in [2.05, 4.69) is 0 Å². The van der Waals surface area contributed by atoms with Crippen LogP contribution in [-0.4, -0.2) is 18.2 Å². The molecule has 0 aromatic carbocycles. The molecular formula is C12H19NO. The standard InChI is InChI=1S/C12H19NO/c13-11-7-1-2-8(5-7)12(11)6-9-3-4-10(12)14-9/h7-11H,1-6,13H2/t7-,8+,9+,10-,11-,12?/m1/s1. The molecule has 1 unspecified atom stereocenters. The van der Waals surface area contributed by atoms with Crippen molar-refractivity contribution >= 4 is 0 Å². The van der Waals surface area contributed by atoms with E-state index in [1.807, 2.05) is 0 Å². The van der Waals surface area contributed by atoms with Crippen LogP contribution >= 0.6 is 0 Å². The Bertz CT molecular complexity index is 268. The summed E-state index contributed by atoms with van der Waals surface area (Å²) in [6.45, 7) is 0. The quantitative estimate of drug-likeness (QED) is 0.635. The van der Waals surface area contributed by atoms with Crippen molar-refractivity contribution in [3.05, 3.63) is 0 Å². The van der Waals surface area contributed by atoms with E-state index >= 15 is 0 Å². The topological polar surface area (TPSA) is 35.2 Å². The molecule has 4 bridgehead atoms. The second-order valence-corrected chi connectivity index (χ2v) is 5.94. The van der Waals surface area contributed by atoms with Crippen molar-refractivity contribution in [1.29, 1.82) is 0 Å². The van der Waals surface area contributed by atoms with Crippen molar-refractivity contribution in [2.45, 2.75) is 56.8 Å². The third-order valence-electron chi connectivity index (χ3n) is 5.65. The molecule has 1 spiro atoms. The van der Waals surface area contributed by atoms with Gasteiger partial charge in [-0.05, 0) is 50.4 Å². The molecule has 2 saturated heterocycles. The number of nitrogens with two attached hydrogens (primary N) is 1. The van der Waals surface area contributed by atoms with Crippen molar-refractivity contribution in [2.24, 2.45) is 23.0 Å². The Morgan fingerprint density at radius 1 is 1.14 bits per heavy atom. The zero-order valence-electron chi connectivity index (χ0n) is 8.61. The van der Waals surface area contributed by atoms with E-state index in [0.717, 1.165) is 11.8 Å². The molecule has 4 rings (SSSR count).